The van der Waals surface area contributed by atoms with Crippen LogP contribution in [0.3, 0.4) is 0 Å². The molecule has 1 aromatic heterocycles. The fourth-order valence-electron chi connectivity index (χ4n) is 1.66. The maximum atomic E-state index is 5.50. The van der Waals surface area contributed by atoms with Gasteiger partial charge in [-0.1, -0.05) is 11.8 Å². The van der Waals surface area contributed by atoms with Crippen LogP contribution in [0.4, 0.5) is 0 Å². The zero-order valence-electron chi connectivity index (χ0n) is 10.9. The van der Waals surface area contributed by atoms with Gasteiger partial charge in [-0.2, -0.15) is 0 Å². The molecule has 18 heavy (non-hydrogen) atoms. The van der Waals surface area contributed by atoms with Gasteiger partial charge in [-0.3, -0.25) is 0 Å². The first-order valence-corrected chi connectivity index (χ1v) is 7.47. The lowest BCUT2D eigenvalue weighted by Gasteiger charge is -2.16. The Morgan fingerprint density at radius 1 is 1.33 bits per heavy atom. The van der Waals surface area contributed by atoms with Crippen LogP contribution < -0.4 is 0 Å². The molecule has 1 aliphatic rings. The molecule has 7 heteroatoms. The Morgan fingerprint density at radius 2 is 2.06 bits per heavy atom. The van der Waals surface area contributed by atoms with E-state index in [1.54, 1.807) is 11.8 Å². The van der Waals surface area contributed by atoms with E-state index in [1.807, 2.05) is 18.5 Å². The molecule has 0 spiro atoms. The van der Waals surface area contributed by atoms with Gasteiger partial charge in [-0.15, -0.1) is 5.10 Å². The molecule has 0 unspecified atom stereocenters. The number of thioether (sulfide) groups is 1. The maximum absolute atomic E-state index is 5.50. The molecule has 6 nitrogen and oxygen atoms in total. The van der Waals surface area contributed by atoms with Gasteiger partial charge in [-0.25, -0.2) is 4.68 Å². The molecular formula is C11H20N4O2S. The largest absolute Gasteiger partial charge is 0.353 e. The van der Waals surface area contributed by atoms with Gasteiger partial charge in [0.2, 0.25) is 5.16 Å². The Labute approximate surface area is 111 Å². The molecule has 1 fully saturated rings. The smallest absolute Gasteiger partial charge is 0.209 e. The highest BCUT2D eigenvalue weighted by Gasteiger charge is 2.27. The predicted octanol–water partition coefficient (Wildman–Crippen LogP) is 1.89. The normalized spacial score (nSPS) is 15.5. The van der Waals surface area contributed by atoms with Crippen molar-refractivity contribution in [2.24, 2.45) is 0 Å². The van der Waals surface area contributed by atoms with Crippen molar-refractivity contribution < 1.29 is 9.47 Å². The molecule has 102 valence electrons. The first-order valence-electron chi connectivity index (χ1n) is 6.49. The number of hydrogen-bond donors (Lipinski definition) is 0. The van der Waals surface area contributed by atoms with Crippen LogP contribution in [-0.4, -0.2) is 45.5 Å². The minimum absolute atomic E-state index is 0.113. The minimum Gasteiger partial charge on any atom is -0.353 e. The van der Waals surface area contributed by atoms with Gasteiger partial charge in [0.05, 0.1) is 6.04 Å². The highest BCUT2D eigenvalue weighted by molar-refractivity contribution is 7.99. The summed E-state index contributed by atoms with van der Waals surface area (Å²) in [6.07, 6.45) is 3.13. The molecule has 0 aliphatic heterocycles. The molecule has 1 heterocycles. The van der Waals surface area contributed by atoms with Crippen molar-refractivity contribution in [3.63, 3.8) is 0 Å². The monoisotopic (exact) mass is 272 g/mol. The first-order chi connectivity index (χ1) is 8.85. The van der Waals surface area contributed by atoms with E-state index in [0.29, 0.717) is 19.3 Å². The lowest BCUT2D eigenvalue weighted by Crippen LogP contribution is -2.18. The summed E-state index contributed by atoms with van der Waals surface area (Å²) in [6, 6.07) is 0.525. The Hall–Kier alpha value is -0.660. The van der Waals surface area contributed by atoms with E-state index in [-0.39, 0.29) is 6.29 Å². The number of ether oxygens (including phenoxy) is 2. The molecule has 0 bridgehead atoms. The van der Waals surface area contributed by atoms with Gasteiger partial charge < -0.3 is 9.47 Å². The number of hydrogen-bond acceptors (Lipinski definition) is 6. The number of rotatable bonds is 9. The van der Waals surface area contributed by atoms with E-state index in [4.69, 9.17) is 9.47 Å². The zero-order chi connectivity index (χ0) is 12.8. The number of tetrazole rings is 1. The van der Waals surface area contributed by atoms with Crippen LogP contribution in [0.15, 0.2) is 5.16 Å². The highest BCUT2D eigenvalue weighted by Crippen LogP contribution is 2.36. The van der Waals surface area contributed by atoms with Gasteiger partial charge in [0.15, 0.2) is 6.29 Å². The molecule has 0 atom stereocenters. The second kappa shape index (κ2) is 7.06. The van der Waals surface area contributed by atoms with Crippen molar-refractivity contribution in [2.75, 3.05) is 19.0 Å². The van der Waals surface area contributed by atoms with E-state index in [9.17, 15) is 0 Å². The summed E-state index contributed by atoms with van der Waals surface area (Å²) >= 11 is 1.67. The van der Waals surface area contributed by atoms with Crippen molar-refractivity contribution in [3.8, 4) is 0 Å². The molecular weight excluding hydrogens is 252 g/mol. The standard InChI is InChI=1S/C11H20N4O2S/c1-3-16-10(17-4-2)7-8-18-11-12-13-14-15(11)9-5-6-9/h9-10H,3-8H2,1-2H3. The summed E-state index contributed by atoms with van der Waals surface area (Å²) in [5.74, 6) is 0.901. The summed E-state index contributed by atoms with van der Waals surface area (Å²) in [4.78, 5) is 0. The van der Waals surface area contributed by atoms with Gasteiger partial charge in [0, 0.05) is 25.4 Å². The van der Waals surface area contributed by atoms with Crippen LogP contribution in [0.1, 0.15) is 39.2 Å². The molecule has 0 amide bonds. The fourth-order valence-corrected chi connectivity index (χ4v) is 2.57. The number of aromatic nitrogens is 4. The number of nitrogens with zero attached hydrogens (tertiary/aromatic N) is 4. The van der Waals surface area contributed by atoms with Crippen molar-refractivity contribution >= 4 is 11.8 Å². The Balaban J connectivity index is 1.74. The molecule has 0 saturated heterocycles. The van der Waals surface area contributed by atoms with Gasteiger partial charge >= 0.3 is 0 Å². The average molecular weight is 272 g/mol. The van der Waals surface area contributed by atoms with E-state index in [0.717, 1.165) is 17.3 Å². The van der Waals surface area contributed by atoms with E-state index >= 15 is 0 Å². The predicted molar refractivity (Wildman–Crippen MR) is 68.5 cm³/mol. The lowest BCUT2D eigenvalue weighted by atomic mass is 10.5. The SMILES string of the molecule is CCOC(CCSc1nnnn1C1CC1)OCC. The lowest BCUT2D eigenvalue weighted by molar-refractivity contribution is -0.136. The van der Waals surface area contributed by atoms with E-state index < -0.39 is 0 Å². The Kier molecular flexibility index (Phi) is 5.40. The maximum Gasteiger partial charge on any atom is 0.209 e. The molecule has 0 aromatic carbocycles. The molecule has 0 radical (unpaired) electrons. The molecule has 1 aromatic rings. The van der Waals surface area contributed by atoms with Crippen LogP contribution in [0, 0.1) is 0 Å². The van der Waals surface area contributed by atoms with Gasteiger partial charge in [0.1, 0.15) is 0 Å². The third-order valence-corrected chi connectivity index (χ3v) is 3.61. The molecule has 2 rings (SSSR count). The summed E-state index contributed by atoms with van der Waals surface area (Å²) in [5.41, 5.74) is 0. The van der Waals surface area contributed by atoms with Crippen molar-refractivity contribution in [2.45, 2.75) is 50.6 Å². The van der Waals surface area contributed by atoms with Crippen molar-refractivity contribution in [1.82, 2.24) is 20.2 Å². The minimum atomic E-state index is -0.113. The van der Waals surface area contributed by atoms with Gasteiger partial charge in [0.25, 0.3) is 0 Å². The molecule has 1 saturated carbocycles. The van der Waals surface area contributed by atoms with Crippen molar-refractivity contribution in [1.29, 1.82) is 0 Å². The van der Waals surface area contributed by atoms with Crippen LogP contribution in [0.2, 0.25) is 0 Å². The van der Waals surface area contributed by atoms with Crippen LogP contribution in [-0.2, 0) is 9.47 Å². The summed E-state index contributed by atoms with van der Waals surface area (Å²) in [5, 5.41) is 12.7. The topological polar surface area (TPSA) is 62.1 Å². The van der Waals surface area contributed by atoms with E-state index in [2.05, 4.69) is 15.5 Å². The zero-order valence-corrected chi connectivity index (χ0v) is 11.7. The van der Waals surface area contributed by atoms with E-state index in [1.165, 1.54) is 12.8 Å². The second-order valence-electron chi connectivity index (χ2n) is 4.11. The Morgan fingerprint density at radius 3 is 2.67 bits per heavy atom. The van der Waals surface area contributed by atoms with Crippen LogP contribution >= 0.6 is 11.8 Å². The second-order valence-corrected chi connectivity index (χ2v) is 5.18. The fraction of sp³-hybridized carbons (Fsp3) is 0.909. The third-order valence-electron chi connectivity index (χ3n) is 2.65. The quantitative estimate of drug-likeness (QED) is 0.505. The summed E-state index contributed by atoms with van der Waals surface area (Å²) < 4.78 is 12.9. The van der Waals surface area contributed by atoms with Crippen LogP contribution in [0.5, 0.6) is 0 Å². The van der Waals surface area contributed by atoms with Crippen LogP contribution in [0.25, 0.3) is 0 Å². The first kappa shape index (κ1) is 13.8. The van der Waals surface area contributed by atoms with Gasteiger partial charge in [-0.05, 0) is 37.1 Å². The van der Waals surface area contributed by atoms with Crippen molar-refractivity contribution in [3.05, 3.63) is 0 Å². The molecule has 0 N–H and O–H groups in total. The summed E-state index contributed by atoms with van der Waals surface area (Å²) in [7, 11) is 0. The summed E-state index contributed by atoms with van der Waals surface area (Å²) in [6.45, 7) is 5.31. The average Bonchev–Trinajstić information content (AvgIpc) is 3.10. The molecule has 1 aliphatic carbocycles. The third kappa shape index (κ3) is 3.93. The Bertz CT molecular complexity index is 351. The highest BCUT2D eigenvalue weighted by atomic mass is 32.2.